The van der Waals surface area contributed by atoms with Gasteiger partial charge >= 0.3 is 6.18 Å². The molecule has 0 heterocycles. The average Bonchev–Trinajstić information content (AvgIpc) is 2.89. The molecule has 42 heavy (non-hydrogen) atoms. The van der Waals surface area contributed by atoms with Crippen molar-refractivity contribution < 1.29 is 52.5 Å². The minimum Gasteiger partial charge on any atom is -0.507 e. The van der Waals surface area contributed by atoms with Crippen molar-refractivity contribution in [3.05, 3.63) is 64.7 Å². The normalized spacial score (nSPS) is 32.0. The SMILES string of the molecule is CN(C)[C@@H]1C(=O)C(C(N)=O)C(=O)[C@@]2(O)C(=O)C3C(=O)c4c(O)cccc4C(=Cc4ccc(C(F)(F)F)cc4)[C@H]3[C@H](O)[C@@H]12. The van der Waals surface area contributed by atoms with Crippen molar-refractivity contribution >= 4 is 40.7 Å². The van der Waals surface area contributed by atoms with Gasteiger partial charge in [-0.2, -0.15) is 13.2 Å². The van der Waals surface area contributed by atoms with Crippen molar-refractivity contribution in [1.82, 2.24) is 4.90 Å². The van der Waals surface area contributed by atoms with Gasteiger partial charge in [-0.3, -0.25) is 28.9 Å². The fraction of sp³-hybridized carbons (Fsp3) is 0.345. The van der Waals surface area contributed by atoms with Crippen molar-refractivity contribution in [2.75, 3.05) is 14.1 Å². The van der Waals surface area contributed by atoms with E-state index in [1.54, 1.807) is 0 Å². The second-order valence-electron chi connectivity index (χ2n) is 10.9. The number of nitrogens with two attached hydrogens (primary N) is 1. The molecule has 0 bridgehead atoms. The van der Waals surface area contributed by atoms with Crippen molar-refractivity contribution in [2.45, 2.75) is 23.9 Å². The summed E-state index contributed by atoms with van der Waals surface area (Å²) in [5.74, 6) is -14.6. The number of rotatable bonds is 3. The zero-order valence-electron chi connectivity index (χ0n) is 22.1. The Morgan fingerprint density at radius 3 is 2.19 bits per heavy atom. The van der Waals surface area contributed by atoms with Gasteiger partial charge in [0.05, 0.1) is 35.1 Å². The molecule has 2 aromatic rings. The molecule has 0 aromatic heterocycles. The van der Waals surface area contributed by atoms with Crippen LogP contribution in [-0.4, -0.2) is 81.1 Å². The highest BCUT2D eigenvalue weighted by atomic mass is 19.4. The second-order valence-corrected chi connectivity index (χ2v) is 10.9. The number of fused-ring (bicyclic) bond motifs is 3. The van der Waals surface area contributed by atoms with E-state index in [0.29, 0.717) is 0 Å². The van der Waals surface area contributed by atoms with Crippen LogP contribution in [0, 0.1) is 23.7 Å². The Balaban J connectivity index is 1.76. The first kappa shape index (κ1) is 29.3. The standard InChI is InChI=1S/C29H25F3N2O8/c1-34(2)21-20-23(37)17-14(10-11-6-8-12(9-7-11)29(30,31)32)13-4-3-5-15(35)16(13)22(36)18(17)25(39)28(20,42)26(40)19(24(21)38)27(33)41/h3-10,17-21,23,35,37,42H,1-2H3,(H2,33,41)/t17-,18?,19?,20-,21+,23+,28+/m1/s1. The molecule has 3 aliphatic carbocycles. The van der Waals surface area contributed by atoms with Gasteiger partial charge in [0, 0.05) is 5.92 Å². The van der Waals surface area contributed by atoms with Crippen molar-refractivity contribution in [3.8, 4) is 5.75 Å². The topological polar surface area (TPSA) is 175 Å². The molecule has 2 aromatic carbocycles. The molecule has 2 saturated carbocycles. The zero-order valence-corrected chi connectivity index (χ0v) is 22.1. The van der Waals surface area contributed by atoms with E-state index in [0.717, 1.165) is 30.3 Å². The minimum absolute atomic E-state index is 0.0441. The summed E-state index contributed by atoms with van der Waals surface area (Å²) in [5, 5.41) is 34.1. The van der Waals surface area contributed by atoms with Gasteiger partial charge in [0.2, 0.25) is 5.91 Å². The number of phenols is 1. The van der Waals surface area contributed by atoms with Crippen LogP contribution in [0.15, 0.2) is 42.5 Å². The van der Waals surface area contributed by atoms with Gasteiger partial charge in [0.15, 0.2) is 34.7 Å². The molecule has 5 rings (SSSR count). The van der Waals surface area contributed by atoms with Crippen LogP contribution in [0.4, 0.5) is 13.2 Å². The molecule has 2 fully saturated rings. The first-order chi connectivity index (χ1) is 19.5. The lowest BCUT2D eigenvalue weighted by molar-refractivity contribution is -0.192. The Morgan fingerprint density at radius 1 is 1.02 bits per heavy atom. The molecule has 0 aliphatic heterocycles. The number of phenolic OH excluding ortho intramolecular Hbond substituents is 1. The van der Waals surface area contributed by atoms with E-state index in [4.69, 9.17) is 5.73 Å². The number of aromatic hydroxyl groups is 1. The molecule has 0 spiro atoms. The fourth-order valence-corrected chi connectivity index (χ4v) is 6.62. The Hall–Kier alpha value is -4.20. The number of aliphatic hydroxyl groups excluding tert-OH is 1. The number of hydrogen-bond acceptors (Lipinski definition) is 9. The number of likely N-dealkylation sites (N-methyl/N-ethyl adjacent to an activating group) is 1. The number of alkyl halides is 3. The van der Waals surface area contributed by atoms with Crippen LogP contribution in [0.1, 0.15) is 27.0 Å². The van der Waals surface area contributed by atoms with Crippen LogP contribution >= 0.6 is 0 Å². The Morgan fingerprint density at radius 2 is 1.64 bits per heavy atom. The predicted octanol–water partition coefficient (Wildman–Crippen LogP) is 0.855. The number of nitrogens with zero attached hydrogens (tertiary/aromatic N) is 1. The van der Waals surface area contributed by atoms with Gasteiger partial charge in [0.1, 0.15) is 5.75 Å². The van der Waals surface area contributed by atoms with Gasteiger partial charge in [-0.15, -0.1) is 0 Å². The van der Waals surface area contributed by atoms with E-state index in [1.165, 1.54) is 37.2 Å². The lowest BCUT2D eigenvalue weighted by atomic mass is 9.50. The number of Topliss-reactive ketones (excluding diaryl/α,β-unsaturated/α-hetero) is 4. The van der Waals surface area contributed by atoms with E-state index in [-0.39, 0.29) is 22.3 Å². The minimum atomic E-state index is -4.62. The molecule has 5 N–H and O–H groups in total. The number of ketones is 4. The summed E-state index contributed by atoms with van der Waals surface area (Å²) in [6, 6.07) is 6.25. The zero-order chi connectivity index (χ0) is 31.0. The number of carbonyl (C=O) groups excluding carboxylic acids is 5. The molecule has 0 radical (unpaired) electrons. The fourth-order valence-electron chi connectivity index (χ4n) is 6.62. The maximum Gasteiger partial charge on any atom is 0.416 e. The van der Waals surface area contributed by atoms with Crippen LogP contribution in [0.2, 0.25) is 0 Å². The number of hydrogen-bond donors (Lipinski definition) is 4. The van der Waals surface area contributed by atoms with Crippen LogP contribution in [0.3, 0.4) is 0 Å². The number of aliphatic hydroxyl groups is 2. The van der Waals surface area contributed by atoms with E-state index < -0.39 is 87.9 Å². The van der Waals surface area contributed by atoms with Crippen LogP contribution in [0.5, 0.6) is 5.75 Å². The molecule has 0 saturated heterocycles. The van der Waals surface area contributed by atoms with Crippen molar-refractivity contribution in [2.24, 2.45) is 29.4 Å². The lowest BCUT2D eigenvalue weighted by Gasteiger charge is -2.55. The first-order valence-corrected chi connectivity index (χ1v) is 12.8. The van der Waals surface area contributed by atoms with Crippen LogP contribution < -0.4 is 5.73 Å². The number of benzene rings is 2. The highest BCUT2D eigenvalue weighted by Crippen LogP contribution is 2.54. The Kier molecular flexibility index (Phi) is 6.75. The maximum atomic E-state index is 14.1. The third-order valence-electron chi connectivity index (χ3n) is 8.43. The molecule has 3 aliphatic rings. The van der Waals surface area contributed by atoms with Gasteiger partial charge in [-0.05, 0) is 49.0 Å². The molecule has 10 nitrogen and oxygen atoms in total. The number of amides is 1. The third kappa shape index (κ3) is 4.02. The summed E-state index contributed by atoms with van der Waals surface area (Å²) in [6.07, 6.45) is -5.23. The highest BCUT2D eigenvalue weighted by Gasteiger charge is 2.72. The highest BCUT2D eigenvalue weighted by molar-refractivity contribution is 6.33. The third-order valence-corrected chi connectivity index (χ3v) is 8.43. The summed E-state index contributed by atoms with van der Waals surface area (Å²) in [4.78, 5) is 68.0. The van der Waals surface area contributed by atoms with E-state index in [1.807, 2.05) is 0 Å². The van der Waals surface area contributed by atoms with Gasteiger partial charge in [-0.25, -0.2) is 0 Å². The molecule has 2 unspecified atom stereocenters. The number of carbonyl (C=O) groups is 5. The summed E-state index contributed by atoms with van der Waals surface area (Å²) in [5.41, 5.74) is 1.09. The van der Waals surface area contributed by atoms with Crippen molar-refractivity contribution in [1.29, 1.82) is 0 Å². The second kappa shape index (κ2) is 9.68. The quantitative estimate of drug-likeness (QED) is 0.380. The van der Waals surface area contributed by atoms with Gasteiger partial charge in [0.25, 0.3) is 0 Å². The Bertz CT molecular complexity index is 1580. The van der Waals surface area contributed by atoms with E-state index in [9.17, 15) is 52.5 Å². The van der Waals surface area contributed by atoms with Gasteiger partial charge < -0.3 is 21.1 Å². The summed E-state index contributed by atoms with van der Waals surface area (Å²) >= 11 is 0. The monoisotopic (exact) mass is 586 g/mol. The molecule has 7 atom stereocenters. The van der Waals surface area contributed by atoms with E-state index >= 15 is 0 Å². The lowest BCUT2D eigenvalue weighted by Crippen LogP contribution is -2.77. The van der Waals surface area contributed by atoms with E-state index in [2.05, 4.69) is 0 Å². The summed E-state index contributed by atoms with van der Waals surface area (Å²) in [7, 11) is 2.72. The van der Waals surface area contributed by atoms with Crippen LogP contribution in [-0.2, 0) is 25.4 Å². The molecule has 1 amide bonds. The Labute approximate surface area is 236 Å². The average molecular weight is 587 g/mol. The van der Waals surface area contributed by atoms with Crippen LogP contribution in [0.25, 0.3) is 11.6 Å². The summed E-state index contributed by atoms with van der Waals surface area (Å²) in [6.45, 7) is 0. The van der Waals surface area contributed by atoms with Crippen molar-refractivity contribution in [3.63, 3.8) is 0 Å². The molecular formula is C29H25F3N2O8. The first-order valence-electron chi connectivity index (χ1n) is 12.8. The molecule has 13 heteroatoms. The maximum absolute atomic E-state index is 14.1. The predicted molar refractivity (Wildman–Crippen MR) is 138 cm³/mol. The number of halogens is 3. The molecular weight excluding hydrogens is 561 g/mol. The smallest absolute Gasteiger partial charge is 0.416 e. The van der Waals surface area contributed by atoms with Gasteiger partial charge in [-0.1, -0.05) is 30.3 Å². The molecule has 220 valence electrons. The number of primary amides is 1. The summed E-state index contributed by atoms with van der Waals surface area (Å²) < 4.78 is 39.5. The largest absolute Gasteiger partial charge is 0.507 e.